The lowest BCUT2D eigenvalue weighted by Crippen LogP contribution is -2.46. The Labute approximate surface area is 109 Å². The van der Waals surface area contributed by atoms with E-state index in [1.165, 1.54) is 11.1 Å². The summed E-state index contributed by atoms with van der Waals surface area (Å²) in [5, 5.41) is 0. The van der Waals surface area contributed by atoms with Crippen molar-refractivity contribution in [2.24, 2.45) is 0 Å². The van der Waals surface area contributed by atoms with Crippen LogP contribution in [0.25, 0.3) is 0 Å². The topological polar surface area (TPSA) is 37.4 Å². The lowest BCUT2D eigenvalue weighted by atomic mass is 10.0. The van der Waals surface area contributed by atoms with Gasteiger partial charge < -0.3 is 0 Å². The van der Waals surface area contributed by atoms with Crippen LogP contribution in [0.2, 0.25) is 0 Å². The fourth-order valence-electron chi connectivity index (χ4n) is 2.91. The van der Waals surface area contributed by atoms with Gasteiger partial charge in [-0.05, 0) is 25.3 Å². The van der Waals surface area contributed by atoms with Gasteiger partial charge in [-0.2, -0.15) is 0 Å². The van der Waals surface area contributed by atoms with Crippen molar-refractivity contribution in [2.45, 2.75) is 25.3 Å². The molecule has 1 aliphatic carbocycles. The average Bonchev–Trinajstić information content (AvgIpc) is 3.11. The summed E-state index contributed by atoms with van der Waals surface area (Å²) >= 11 is 0. The zero-order chi connectivity index (χ0) is 12.8. The summed E-state index contributed by atoms with van der Waals surface area (Å²) in [4.78, 5) is 2.37. The first kappa shape index (κ1) is 12.2. The van der Waals surface area contributed by atoms with E-state index in [9.17, 15) is 8.42 Å². The molecule has 1 heterocycles. The molecule has 0 spiro atoms. The maximum Gasteiger partial charge on any atom is 0.152 e. The predicted molar refractivity (Wildman–Crippen MR) is 72.3 cm³/mol. The quantitative estimate of drug-likeness (QED) is 0.817. The van der Waals surface area contributed by atoms with Crippen LogP contribution in [0.1, 0.15) is 24.0 Å². The Kier molecular flexibility index (Phi) is 2.75. The van der Waals surface area contributed by atoms with Crippen molar-refractivity contribution < 1.29 is 8.42 Å². The molecule has 3 rings (SSSR count). The summed E-state index contributed by atoms with van der Waals surface area (Å²) in [5.41, 5.74) is 2.77. The molecule has 98 valence electrons. The summed E-state index contributed by atoms with van der Waals surface area (Å²) in [7, 11) is -2.78. The summed E-state index contributed by atoms with van der Waals surface area (Å²) < 4.78 is 23.0. The van der Waals surface area contributed by atoms with Crippen LogP contribution in [0.4, 0.5) is 0 Å². The Balaban J connectivity index is 1.82. The molecular formula is C14H19NO2S. The summed E-state index contributed by atoms with van der Waals surface area (Å²) in [6.45, 7) is 3.48. The predicted octanol–water partition coefficient (Wildman–Crippen LogP) is 1.71. The normalized spacial score (nSPS) is 25.8. The number of benzene rings is 1. The summed E-state index contributed by atoms with van der Waals surface area (Å²) in [6.07, 6.45) is 2.33. The van der Waals surface area contributed by atoms with Crippen molar-refractivity contribution in [3.8, 4) is 0 Å². The first-order chi connectivity index (χ1) is 8.52. The molecule has 1 saturated heterocycles. The van der Waals surface area contributed by atoms with Crippen molar-refractivity contribution in [1.82, 2.24) is 4.90 Å². The van der Waals surface area contributed by atoms with E-state index in [-0.39, 0.29) is 5.54 Å². The Hall–Kier alpha value is -0.870. The molecule has 1 aliphatic heterocycles. The van der Waals surface area contributed by atoms with Gasteiger partial charge >= 0.3 is 0 Å². The molecule has 0 N–H and O–H groups in total. The maximum atomic E-state index is 11.5. The second-order valence-corrected chi connectivity index (χ2v) is 7.84. The summed E-state index contributed by atoms with van der Waals surface area (Å²) in [6, 6.07) is 8.70. The standard InChI is InChI=1S/C14H19NO2S/c1-12-2-4-13(5-3-12)14(6-7-14)15-8-10-18(16,17)11-9-15/h2-5H,6-11H2,1H3. The van der Waals surface area contributed by atoms with Crippen molar-refractivity contribution in [3.05, 3.63) is 35.4 Å². The average molecular weight is 265 g/mol. The van der Waals surface area contributed by atoms with E-state index in [0.29, 0.717) is 24.6 Å². The fraction of sp³-hybridized carbons (Fsp3) is 0.571. The zero-order valence-corrected chi connectivity index (χ0v) is 11.5. The molecule has 2 aliphatic rings. The van der Waals surface area contributed by atoms with Crippen LogP contribution in [0.5, 0.6) is 0 Å². The van der Waals surface area contributed by atoms with Gasteiger partial charge in [0.05, 0.1) is 11.5 Å². The van der Waals surface area contributed by atoms with Crippen molar-refractivity contribution in [1.29, 1.82) is 0 Å². The molecule has 0 atom stereocenters. The maximum absolute atomic E-state index is 11.5. The van der Waals surface area contributed by atoms with Gasteiger partial charge in [0.1, 0.15) is 0 Å². The van der Waals surface area contributed by atoms with Crippen molar-refractivity contribution >= 4 is 9.84 Å². The number of hydrogen-bond acceptors (Lipinski definition) is 3. The Morgan fingerprint density at radius 1 is 1.06 bits per heavy atom. The number of nitrogens with zero attached hydrogens (tertiary/aromatic N) is 1. The van der Waals surface area contributed by atoms with E-state index in [4.69, 9.17) is 0 Å². The lowest BCUT2D eigenvalue weighted by molar-refractivity contribution is 0.192. The van der Waals surface area contributed by atoms with Gasteiger partial charge in [0.2, 0.25) is 0 Å². The Bertz CT molecular complexity index is 530. The molecule has 0 bridgehead atoms. The van der Waals surface area contributed by atoms with E-state index >= 15 is 0 Å². The molecule has 1 saturated carbocycles. The molecule has 1 aromatic rings. The van der Waals surface area contributed by atoms with Gasteiger partial charge in [-0.3, -0.25) is 4.90 Å². The monoisotopic (exact) mass is 265 g/mol. The highest BCUT2D eigenvalue weighted by molar-refractivity contribution is 7.91. The van der Waals surface area contributed by atoms with E-state index in [2.05, 4.69) is 36.1 Å². The van der Waals surface area contributed by atoms with Gasteiger partial charge in [0.15, 0.2) is 9.84 Å². The molecule has 1 aromatic carbocycles. The van der Waals surface area contributed by atoms with Crippen LogP contribution in [-0.2, 0) is 15.4 Å². The van der Waals surface area contributed by atoms with Gasteiger partial charge in [-0.15, -0.1) is 0 Å². The number of hydrogen-bond donors (Lipinski definition) is 0. The van der Waals surface area contributed by atoms with Gasteiger partial charge in [-0.25, -0.2) is 8.42 Å². The number of rotatable bonds is 2. The van der Waals surface area contributed by atoms with E-state index < -0.39 is 9.84 Å². The second kappa shape index (κ2) is 4.07. The highest BCUT2D eigenvalue weighted by Crippen LogP contribution is 2.51. The molecule has 4 heteroatoms. The third-order valence-electron chi connectivity index (χ3n) is 4.26. The van der Waals surface area contributed by atoms with E-state index in [0.717, 1.165) is 12.8 Å². The molecule has 0 radical (unpaired) electrons. The van der Waals surface area contributed by atoms with Crippen molar-refractivity contribution in [3.63, 3.8) is 0 Å². The largest absolute Gasteiger partial charge is 0.292 e. The molecule has 0 amide bonds. The van der Waals surface area contributed by atoms with Crippen LogP contribution in [0, 0.1) is 6.92 Å². The number of sulfone groups is 1. The molecule has 3 nitrogen and oxygen atoms in total. The number of aryl methyl sites for hydroxylation is 1. The SMILES string of the molecule is Cc1ccc(C2(N3CCS(=O)(=O)CC3)CC2)cc1. The highest BCUT2D eigenvalue weighted by atomic mass is 32.2. The van der Waals surface area contributed by atoms with Gasteiger partial charge in [0, 0.05) is 18.6 Å². The van der Waals surface area contributed by atoms with Gasteiger partial charge in [0.25, 0.3) is 0 Å². The molecule has 0 unspecified atom stereocenters. The third kappa shape index (κ3) is 2.08. The Morgan fingerprint density at radius 3 is 2.11 bits per heavy atom. The first-order valence-electron chi connectivity index (χ1n) is 6.55. The summed E-state index contributed by atoms with van der Waals surface area (Å²) in [5.74, 6) is 0.640. The van der Waals surface area contributed by atoms with Crippen LogP contribution in [-0.4, -0.2) is 37.9 Å². The molecule has 0 aromatic heterocycles. The minimum absolute atomic E-state index is 0.143. The van der Waals surface area contributed by atoms with Crippen LogP contribution in [0.3, 0.4) is 0 Å². The van der Waals surface area contributed by atoms with E-state index in [1.54, 1.807) is 0 Å². The van der Waals surface area contributed by atoms with E-state index in [1.807, 2.05) is 0 Å². The molecule has 18 heavy (non-hydrogen) atoms. The third-order valence-corrected chi connectivity index (χ3v) is 5.87. The van der Waals surface area contributed by atoms with Crippen LogP contribution < -0.4 is 0 Å². The second-order valence-electron chi connectivity index (χ2n) is 5.54. The van der Waals surface area contributed by atoms with Crippen LogP contribution >= 0.6 is 0 Å². The minimum Gasteiger partial charge on any atom is -0.292 e. The van der Waals surface area contributed by atoms with Crippen molar-refractivity contribution in [2.75, 3.05) is 24.6 Å². The fourth-order valence-corrected chi connectivity index (χ4v) is 4.11. The van der Waals surface area contributed by atoms with Gasteiger partial charge in [-0.1, -0.05) is 29.8 Å². The minimum atomic E-state index is -2.78. The first-order valence-corrected chi connectivity index (χ1v) is 8.37. The molecular weight excluding hydrogens is 246 g/mol. The highest BCUT2D eigenvalue weighted by Gasteiger charge is 2.50. The zero-order valence-electron chi connectivity index (χ0n) is 10.7. The van der Waals surface area contributed by atoms with Crippen LogP contribution in [0.15, 0.2) is 24.3 Å². The smallest absolute Gasteiger partial charge is 0.152 e. The molecule has 2 fully saturated rings. The Morgan fingerprint density at radius 2 is 1.61 bits per heavy atom. The lowest BCUT2D eigenvalue weighted by Gasteiger charge is -2.35.